The van der Waals surface area contributed by atoms with Crippen LogP contribution in [0.1, 0.15) is 21.5 Å². The molecule has 0 unspecified atom stereocenters. The number of benzene rings is 1. The molecule has 0 bridgehead atoms. The number of carbonyl (C=O) groups is 1. The van der Waals surface area contributed by atoms with Crippen LogP contribution < -0.4 is 14.8 Å². The molecule has 0 spiro atoms. The van der Waals surface area contributed by atoms with Gasteiger partial charge in [-0.05, 0) is 37.3 Å². The summed E-state index contributed by atoms with van der Waals surface area (Å²) in [5.74, 6) is 1.96. The molecule has 2 heterocycles. The van der Waals surface area contributed by atoms with Gasteiger partial charge in [-0.3, -0.25) is 9.78 Å². The molecule has 3 aromatic rings. The lowest BCUT2D eigenvalue weighted by atomic mass is 10.1. The molecule has 0 aliphatic carbocycles. The normalized spacial score (nSPS) is 10.4. The fourth-order valence-electron chi connectivity index (χ4n) is 2.81. The number of methoxy groups -OCH3 is 2. The summed E-state index contributed by atoms with van der Waals surface area (Å²) in [5, 5.41) is 3.53. The van der Waals surface area contributed by atoms with Gasteiger partial charge in [-0.2, -0.15) is 0 Å². The number of carbonyl (C=O) groups excluding carboxylic acids is 1. The summed E-state index contributed by atoms with van der Waals surface area (Å²) in [6.45, 7) is 1.96. The largest absolute Gasteiger partial charge is 0.496 e. The maximum atomic E-state index is 12.7. The molecule has 0 saturated heterocycles. The molecule has 3 rings (SSSR count). The highest BCUT2D eigenvalue weighted by molar-refractivity contribution is 7.98. The predicted octanol–water partition coefficient (Wildman–Crippen LogP) is 4.35. The van der Waals surface area contributed by atoms with Crippen molar-refractivity contribution in [1.82, 2.24) is 9.97 Å². The van der Waals surface area contributed by atoms with E-state index in [1.807, 2.05) is 19.1 Å². The standard InChI is InChI=1S/C21H21N3O3S/c1-14-18(26-2)7-6-15(19(14)27-3)13-28-21-17(5-4-10-23-21)20(25)24-16-8-11-22-12-9-16/h4-12H,13H2,1-3H3,(H,22,24,25). The third-order valence-electron chi connectivity index (χ3n) is 4.18. The van der Waals surface area contributed by atoms with E-state index in [4.69, 9.17) is 9.47 Å². The van der Waals surface area contributed by atoms with Crippen molar-refractivity contribution in [2.24, 2.45) is 0 Å². The van der Waals surface area contributed by atoms with Crippen LogP contribution in [0.15, 0.2) is 60.0 Å². The van der Waals surface area contributed by atoms with Crippen molar-refractivity contribution in [3.05, 3.63) is 71.7 Å². The van der Waals surface area contributed by atoms with Crippen molar-refractivity contribution in [1.29, 1.82) is 0 Å². The number of rotatable bonds is 7. The molecule has 1 aromatic carbocycles. The van der Waals surface area contributed by atoms with Crippen LogP contribution in [-0.4, -0.2) is 30.1 Å². The van der Waals surface area contributed by atoms with Crippen LogP contribution in [0.5, 0.6) is 11.5 Å². The molecule has 0 radical (unpaired) electrons. The molecule has 0 saturated carbocycles. The van der Waals surface area contributed by atoms with E-state index in [0.29, 0.717) is 22.0 Å². The molecule has 1 N–H and O–H groups in total. The van der Waals surface area contributed by atoms with Crippen LogP contribution in [0.4, 0.5) is 5.69 Å². The summed E-state index contributed by atoms with van der Waals surface area (Å²) >= 11 is 1.49. The maximum absolute atomic E-state index is 12.7. The van der Waals surface area contributed by atoms with Crippen molar-refractivity contribution >= 4 is 23.4 Å². The van der Waals surface area contributed by atoms with Gasteiger partial charge >= 0.3 is 0 Å². The first kappa shape index (κ1) is 19.7. The first-order valence-electron chi connectivity index (χ1n) is 8.63. The Morgan fingerprint density at radius 1 is 1.07 bits per heavy atom. The number of nitrogens with one attached hydrogen (secondary N) is 1. The van der Waals surface area contributed by atoms with Crippen molar-refractivity contribution in [3.63, 3.8) is 0 Å². The van der Waals surface area contributed by atoms with Crippen LogP contribution in [-0.2, 0) is 5.75 Å². The molecule has 0 fully saturated rings. The highest BCUT2D eigenvalue weighted by Gasteiger charge is 2.16. The number of aromatic nitrogens is 2. The Morgan fingerprint density at radius 2 is 1.86 bits per heavy atom. The van der Waals surface area contributed by atoms with E-state index in [-0.39, 0.29) is 5.91 Å². The van der Waals surface area contributed by atoms with E-state index < -0.39 is 0 Å². The SMILES string of the molecule is COc1ccc(CSc2ncccc2C(=O)Nc2ccncc2)c(OC)c1C. The Hall–Kier alpha value is -3.06. The lowest BCUT2D eigenvalue weighted by Crippen LogP contribution is -2.13. The second kappa shape index (κ2) is 9.23. The van der Waals surface area contributed by atoms with Gasteiger partial charge in [0.15, 0.2) is 0 Å². The highest BCUT2D eigenvalue weighted by atomic mass is 32.2. The Kier molecular flexibility index (Phi) is 6.49. The lowest BCUT2D eigenvalue weighted by Gasteiger charge is -2.14. The van der Waals surface area contributed by atoms with E-state index in [2.05, 4.69) is 15.3 Å². The number of ether oxygens (including phenoxy) is 2. The van der Waals surface area contributed by atoms with Gasteiger partial charge in [-0.25, -0.2) is 4.98 Å². The first-order valence-corrected chi connectivity index (χ1v) is 9.62. The second-order valence-corrected chi connectivity index (χ2v) is 6.88. The van der Waals surface area contributed by atoms with Crippen molar-refractivity contribution in [2.75, 3.05) is 19.5 Å². The van der Waals surface area contributed by atoms with Gasteiger partial charge in [0.05, 0.1) is 19.8 Å². The fourth-order valence-corrected chi connectivity index (χ4v) is 3.78. The Labute approximate surface area is 168 Å². The number of anilines is 1. The zero-order valence-corrected chi connectivity index (χ0v) is 16.7. The van der Waals surface area contributed by atoms with Gasteiger partial charge < -0.3 is 14.8 Å². The molecule has 7 heteroatoms. The third kappa shape index (κ3) is 4.43. The van der Waals surface area contributed by atoms with E-state index in [9.17, 15) is 4.79 Å². The third-order valence-corrected chi connectivity index (χ3v) is 5.23. The molecule has 0 aliphatic heterocycles. The minimum Gasteiger partial charge on any atom is -0.496 e. The smallest absolute Gasteiger partial charge is 0.258 e. The van der Waals surface area contributed by atoms with Crippen molar-refractivity contribution < 1.29 is 14.3 Å². The second-order valence-electron chi connectivity index (χ2n) is 5.92. The van der Waals surface area contributed by atoms with E-state index in [1.165, 1.54) is 11.8 Å². The zero-order chi connectivity index (χ0) is 19.9. The molecule has 28 heavy (non-hydrogen) atoms. The molecule has 0 aliphatic rings. The molecule has 2 aromatic heterocycles. The van der Waals surface area contributed by atoms with Gasteiger partial charge in [-0.1, -0.05) is 6.07 Å². The van der Waals surface area contributed by atoms with E-state index >= 15 is 0 Å². The average Bonchev–Trinajstić information content (AvgIpc) is 2.73. The summed E-state index contributed by atoms with van der Waals surface area (Å²) in [5.41, 5.74) is 3.16. The van der Waals surface area contributed by atoms with Gasteiger partial charge in [0, 0.05) is 41.2 Å². The molecule has 0 atom stereocenters. The first-order chi connectivity index (χ1) is 13.6. The minimum atomic E-state index is -0.209. The van der Waals surface area contributed by atoms with Crippen LogP contribution in [0.2, 0.25) is 0 Å². The van der Waals surface area contributed by atoms with Gasteiger partial charge in [0.1, 0.15) is 16.5 Å². The lowest BCUT2D eigenvalue weighted by molar-refractivity contribution is 0.102. The molecule has 6 nitrogen and oxygen atoms in total. The summed E-state index contributed by atoms with van der Waals surface area (Å²) in [6.07, 6.45) is 4.95. The minimum absolute atomic E-state index is 0.209. The van der Waals surface area contributed by atoms with Gasteiger partial charge in [-0.15, -0.1) is 11.8 Å². The van der Waals surface area contributed by atoms with Crippen molar-refractivity contribution in [2.45, 2.75) is 17.7 Å². The Balaban J connectivity index is 1.79. The van der Waals surface area contributed by atoms with E-state index in [1.54, 1.807) is 57.1 Å². The van der Waals surface area contributed by atoms with Crippen LogP contribution in [0, 0.1) is 6.92 Å². The Bertz CT molecular complexity index is 964. The van der Waals surface area contributed by atoms with Crippen LogP contribution >= 0.6 is 11.8 Å². The maximum Gasteiger partial charge on any atom is 0.258 e. The number of amides is 1. The topological polar surface area (TPSA) is 73.3 Å². The number of nitrogens with zero attached hydrogens (tertiary/aromatic N) is 2. The fraction of sp³-hybridized carbons (Fsp3) is 0.190. The highest BCUT2D eigenvalue weighted by Crippen LogP contribution is 2.35. The monoisotopic (exact) mass is 395 g/mol. The molecule has 144 valence electrons. The predicted molar refractivity (Wildman–Crippen MR) is 110 cm³/mol. The molecule has 1 amide bonds. The van der Waals surface area contributed by atoms with Crippen LogP contribution in [0.3, 0.4) is 0 Å². The number of pyridine rings is 2. The molecular formula is C21H21N3O3S. The van der Waals surface area contributed by atoms with E-state index in [0.717, 1.165) is 22.6 Å². The van der Waals surface area contributed by atoms with Crippen molar-refractivity contribution in [3.8, 4) is 11.5 Å². The number of thioether (sulfide) groups is 1. The number of hydrogen-bond donors (Lipinski definition) is 1. The zero-order valence-electron chi connectivity index (χ0n) is 15.9. The summed E-state index contributed by atoms with van der Waals surface area (Å²) in [4.78, 5) is 21.0. The summed E-state index contributed by atoms with van der Waals surface area (Å²) < 4.78 is 10.9. The number of hydrogen-bond acceptors (Lipinski definition) is 6. The summed E-state index contributed by atoms with van der Waals surface area (Å²) in [6, 6.07) is 10.9. The van der Waals surface area contributed by atoms with Crippen LogP contribution in [0.25, 0.3) is 0 Å². The van der Waals surface area contributed by atoms with Gasteiger partial charge in [0.25, 0.3) is 5.91 Å². The molecular weight excluding hydrogens is 374 g/mol. The average molecular weight is 395 g/mol. The summed E-state index contributed by atoms with van der Waals surface area (Å²) in [7, 11) is 3.28. The van der Waals surface area contributed by atoms with Gasteiger partial charge in [0.2, 0.25) is 0 Å². The Morgan fingerprint density at radius 3 is 2.57 bits per heavy atom. The quantitative estimate of drug-likeness (QED) is 0.600.